The molecule has 1 aromatic heterocycles. The summed E-state index contributed by atoms with van der Waals surface area (Å²) in [5.74, 6) is 1.54. The first-order valence-corrected chi connectivity index (χ1v) is 10.4. The van der Waals surface area contributed by atoms with E-state index in [0.29, 0.717) is 11.6 Å². The number of hydrogen-bond acceptors (Lipinski definition) is 4. The Labute approximate surface area is 177 Å². The third kappa shape index (κ3) is 4.65. The maximum Gasteiger partial charge on any atom is 0.163 e. The molecule has 0 radical (unpaired) electrons. The van der Waals surface area contributed by atoms with Crippen molar-refractivity contribution in [2.24, 2.45) is 0 Å². The van der Waals surface area contributed by atoms with Gasteiger partial charge in [0.1, 0.15) is 0 Å². The standard InChI is InChI=1S/C24H25ClN2O2/c1-28-23-14-13-19(16-24(23)29-20-10-5-6-11-20)27(18-8-3-2-4-9-18)17-22-21(25)12-7-15-26-22/h2-4,7-9,12-16,20H,5-6,10-11,17H2,1H3. The molecule has 0 atom stereocenters. The number of aromatic nitrogens is 1. The Hall–Kier alpha value is -2.72. The molecule has 2 aromatic carbocycles. The SMILES string of the molecule is COc1ccc(N(Cc2ncccc2Cl)c2ccccc2)cc1OC1CCCC1. The topological polar surface area (TPSA) is 34.6 Å². The van der Waals surface area contributed by atoms with Crippen LogP contribution in [0.15, 0.2) is 66.9 Å². The monoisotopic (exact) mass is 408 g/mol. The molecule has 0 bridgehead atoms. The second-order valence-corrected chi connectivity index (χ2v) is 7.62. The van der Waals surface area contributed by atoms with Gasteiger partial charge in [-0.3, -0.25) is 4.98 Å². The average Bonchev–Trinajstić information content (AvgIpc) is 3.27. The highest BCUT2D eigenvalue weighted by atomic mass is 35.5. The van der Waals surface area contributed by atoms with E-state index < -0.39 is 0 Å². The number of rotatable bonds is 7. The number of hydrogen-bond donors (Lipinski definition) is 0. The van der Waals surface area contributed by atoms with E-state index in [-0.39, 0.29) is 6.10 Å². The van der Waals surface area contributed by atoms with Crippen molar-refractivity contribution in [1.82, 2.24) is 4.98 Å². The first-order valence-electron chi connectivity index (χ1n) is 10.0. The zero-order valence-corrected chi connectivity index (χ0v) is 17.3. The van der Waals surface area contributed by atoms with Crippen LogP contribution in [0.25, 0.3) is 0 Å². The summed E-state index contributed by atoms with van der Waals surface area (Å²) in [4.78, 5) is 6.67. The van der Waals surface area contributed by atoms with Gasteiger partial charge in [-0.25, -0.2) is 0 Å². The molecule has 1 heterocycles. The number of anilines is 2. The zero-order valence-electron chi connectivity index (χ0n) is 16.6. The van der Waals surface area contributed by atoms with Crippen LogP contribution in [-0.4, -0.2) is 18.2 Å². The van der Waals surface area contributed by atoms with E-state index in [1.165, 1.54) is 12.8 Å². The molecular formula is C24H25ClN2O2. The second-order valence-electron chi connectivity index (χ2n) is 7.21. The summed E-state index contributed by atoms with van der Waals surface area (Å²) in [5.41, 5.74) is 2.89. The maximum atomic E-state index is 6.40. The fraction of sp³-hybridized carbons (Fsp3) is 0.292. The van der Waals surface area contributed by atoms with E-state index in [2.05, 4.69) is 28.1 Å². The minimum Gasteiger partial charge on any atom is -0.493 e. The molecule has 1 fully saturated rings. The molecule has 0 N–H and O–H groups in total. The average molecular weight is 409 g/mol. The second kappa shape index (κ2) is 9.19. The molecule has 0 unspecified atom stereocenters. The third-order valence-corrected chi connectivity index (χ3v) is 5.61. The lowest BCUT2D eigenvalue weighted by molar-refractivity contribution is 0.201. The molecule has 4 rings (SSSR count). The molecule has 1 aliphatic rings. The number of halogens is 1. The predicted molar refractivity (Wildman–Crippen MR) is 117 cm³/mol. The van der Waals surface area contributed by atoms with Gasteiger partial charge in [-0.1, -0.05) is 29.8 Å². The van der Waals surface area contributed by atoms with E-state index in [1.807, 2.05) is 42.5 Å². The lowest BCUT2D eigenvalue weighted by atomic mass is 10.2. The Morgan fingerprint density at radius 2 is 1.76 bits per heavy atom. The first kappa shape index (κ1) is 19.6. The molecule has 1 aliphatic carbocycles. The van der Waals surface area contributed by atoms with Crippen LogP contribution in [-0.2, 0) is 6.54 Å². The summed E-state index contributed by atoms with van der Waals surface area (Å²) in [6.07, 6.45) is 6.67. The summed E-state index contributed by atoms with van der Waals surface area (Å²) < 4.78 is 11.9. The van der Waals surface area contributed by atoms with Gasteiger partial charge in [0.25, 0.3) is 0 Å². The number of nitrogens with zero attached hydrogens (tertiary/aromatic N) is 2. The zero-order chi connectivity index (χ0) is 20.1. The number of pyridine rings is 1. The van der Waals surface area contributed by atoms with Crippen LogP contribution in [0.2, 0.25) is 5.02 Å². The van der Waals surface area contributed by atoms with E-state index in [0.717, 1.165) is 41.4 Å². The maximum absolute atomic E-state index is 6.40. The van der Waals surface area contributed by atoms with Crippen molar-refractivity contribution in [3.8, 4) is 11.5 Å². The van der Waals surface area contributed by atoms with Gasteiger partial charge in [-0.15, -0.1) is 0 Å². The fourth-order valence-corrected chi connectivity index (χ4v) is 3.92. The van der Waals surface area contributed by atoms with Crippen LogP contribution >= 0.6 is 11.6 Å². The van der Waals surface area contributed by atoms with Crippen LogP contribution < -0.4 is 14.4 Å². The van der Waals surface area contributed by atoms with Gasteiger partial charge in [0.05, 0.1) is 30.5 Å². The van der Waals surface area contributed by atoms with Crippen molar-refractivity contribution >= 4 is 23.0 Å². The molecule has 0 amide bonds. The summed E-state index contributed by atoms with van der Waals surface area (Å²) >= 11 is 6.40. The minimum atomic E-state index is 0.259. The Balaban J connectivity index is 1.70. The van der Waals surface area contributed by atoms with Crippen LogP contribution in [0.4, 0.5) is 11.4 Å². The van der Waals surface area contributed by atoms with Crippen molar-refractivity contribution in [3.05, 3.63) is 77.6 Å². The van der Waals surface area contributed by atoms with Crippen LogP contribution in [0, 0.1) is 0 Å². The lowest BCUT2D eigenvalue weighted by Crippen LogP contribution is -2.18. The van der Waals surface area contributed by atoms with Crippen molar-refractivity contribution < 1.29 is 9.47 Å². The van der Waals surface area contributed by atoms with E-state index in [1.54, 1.807) is 13.3 Å². The highest BCUT2D eigenvalue weighted by Crippen LogP contribution is 2.38. The molecule has 0 spiro atoms. The quantitative estimate of drug-likeness (QED) is 0.452. The van der Waals surface area contributed by atoms with Crippen molar-refractivity contribution in [2.45, 2.75) is 38.3 Å². The summed E-state index contributed by atoms with van der Waals surface area (Å²) in [7, 11) is 1.68. The van der Waals surface area contributed by atoms with E-state index in [9.17, 15) is 0 Å². The van der Waals surface area contributed by atoms with Gasteiger partial charge >= 0.3 is 0 Å². The third-order valence-electron chi connectivity index (χ3n) is 5.27. The van der Waals surface area contributed by atoms with Crippen LogP contribution in [0.1, 0.15) is 31.4 Å². The van der Waals surface area contributed by atoms with E-state index in [4.69, 9.17) is 21.1 Å². The molecule has 3 aromatic rings. The van der Waals surface area contributed by atoms with Crippen LogP contribution in [0.3, 0.4) is 0 Å². The van der Waals surface area contributed by atoms with Gasteiger partial charge in [0.2, 0.25) is 0 Å². The summed E-state index contributed by atoms with van der Waals surface area (Å²) in [5, 5.41) is 0.657. The Morgan fingerprint density at radius 1 is 0.966 bits per heavy atom. The number of para-hydroxylation sites is 1. The first-order chi connectivity index (χ1) is 14.2. The van der Waals surface area contributed by atoms with Gasteiger partial charge in [-0.2, -0.15) is 0 Å². The molecule has 5 heteroatoms. The summed E-state index contributed by atoms with van der Waals surface area (Å²) in [6, 6.07) is 20.0. The van der Waals surface area contributed by atoms with Crippen LogP contribution in [0.5, 0.6) is 11.5 Å². The molecule has 29 heavy (non-hydrogen) atoms. The molecule has 1 saturated carbocycles. The van der Waals surface area contributed by atoms with Crippen molar-refractivity contribution in [3.63, 3.8) is 0 Å². The fourth-order valence-electron chi connectivity index (χ4n) is 3.74. The largest absolute Gasteiger partial charge is 0.493 e. The molecule has 4 nitrogen and oxygen atoms in total. The Kier molecular flexibility index (Phi) is 6.20. The molecular weight excluding hydrogens is 384 g/mol. The Bertz CT molecular complexity index is 943. The van der Waals surface area contributed by atoms with Gasteiger partial charge < -0.3 is 14.4 Å². The molecule has 0 saturated heterocycles. The summed E-state index contributed by atoms with van der Waals surface area (Å²) in [6.45, 7) is 0.554. The Morgan fingerprint density at radius 3 is 2.48 bits per heavy atom. The normalized spacial score (nSPS) is 14.0. The minimum absolute atomic E-state index is 0.259. The highest BCUT2D eigenvalue weighted by Gasteiger charge is 2.20. The van der Waals surface area contributed by atoms with Crippen molar-refractivity contribution in [1.29, 1.82) is 0 Å². The number of methoxy groups -OCH3 is 1. The number of ether oxygens (including phenoxy) is 2. The van der Waals surface area contributed by atoms with Gasteiger partial charge in [0.15, 0.2) is 11.5 Å². The molecule has 150 valence electrons. The van der Waals surface area contributed by atoms with Crippen molar-refractivity contribution in [2.75, 3.05) is 12.0 Å². The van der Waals surface area contributed by atoms with Gasteiger partial charge in [0, 0.05) is 23.6 Å². The molecule has 0 aliphatic heterocycles. The van der Waals surface area contributed by atoms with Gasteiger partial charge in [-0.05, 0) is 62.1 Å². The number of benzene rings is 2. The van der Waals surface area contributed by atoms with E-state index >= 15 is 0 Å². The predicted octanol–water partition coefficient (Wildman–Crippen LogP) is 6.40. The highest BCUT2D eigenvalue weighted by molar-refractivity contribution is 6.31. The smallest absolute Gasteiger partial charge is 0.163 e. The lowest BCUT2D eigenvalue weighted by Gasteiger charge is -2.26.